The Balaban J connectivity index is 1.70. The van der Waals surface area contributed by atoms with Gasteiger partial charge >= 0.3 is 0 Å². The largest absolute Gasteiger partial charge is 0.459 e. The summed E-state index contributed by atoms with van der Waals surface area (Å²) in [5, 5.41) is 3.90. The van der Waals surface area contributed by atoms with Crippen molar-refractivity contribution < 1.29 is 13.6 Å². The quantitative estimate of drug-likeness (QED) is 0.757. The lowest BCUT2D eigenvalue weighted by molar-refractivity contribution is 0.0904. The van der Waals surface area contributed by atoms with Gasteiger partial charge < -0.3 is 14.7 Å². The topological polar surface area (TPSA) is 58.0 Å². The summed E-state index contributed by atoms with van der Waals surface area (Å²) in [6, 6.07) is 7.97. The van der Waals surface area contributed by atoms with Crippen molar-refractivity contribution in [3.05, 3.63) is 59.4 Å². The van der Waals surface area contributed by atoms with Crippen LogP contribution in [0.25, 0.3) is 10.9 Å². The Morgan fingerprint density at radius 3 is 3.09 bits per heavy atom. The van der Waals surface area contributed by atoms with Crippen molar-refractivity contribution in [3.8, 4) is 0 Å². The van der Waals surface area contributed by atoms with E-state index in [1.807, 2.05) is 0 Å². The first-order valence-electron chi connectivity index (χ1n) is 7.37. The predicted molar refractivity (Wildman–Crippen MR) is 80.1 cm³/mol. The van der Waals surface area contributed by atoms with Gasteiger partial charge in [-0.05, 0) is 55.2 Å². The summed E-state index contributed by atoms with van der Waals surface area (Å²) in [5.41, 5.74) is 2.99. The Hall–Kier alpha value is -2.56. The summed E-state index contributed by atoms with van der Waals surface area (Å²) in [5.74, 6) is -0.169. The summed E-state index contributed by atoms with van der Waals surface area (Å²) < 4.78 is 18.6. The summed E-state index contributed by atoms with van der Waals surface area (Å²) in [4.78, 5) is 15.5. The number of carbonyl (C=O) groups is 1. The van der Waals surface area contributed by atoms with E-state index in [4.69, 9.17) is 4.42 Å². The van der Waals surface area contributed by atoms with Crippen molar-refractivity contribution in [1.29, 1.82) is 0 Å². The number of furan rings is 1. The van der Waals surface area contributed by atoms with Gasteiger partial charge in [-0.3, -0.25) is 4.79 Å². The van der Waals surface area contributed by atoms with Crippen LogP contribution in [-0.2, 0) is 6.42 Å². The van der Waals surface area contributed by atoms with Crippen LogP contribution in [-0.4, -0.2) is 10.9 Å². The van der Waals surface area contributed by atoms with Gasteiger partial charge in [-0.25, -0.2) is 4.39 Å². The van der Waals surface area contributed by atoms with E-state index in [1.54, 1.807) is 24.3 Å². The van der Waals surface area contributed by atoms with Crippen LogP contribution in [0.4, 0.5) is 4.39 Å². The van der Waals surface area contributed by atoms with Crippen LogP contribution in [0.2, 0.25) is 0 Å². The third-order valence-corrected chi connectivity index (χ3v) is 4.22. The average molecular weight is 298 g/mol. The van der Waals surface area contributed by atoms with E-state index in [0.717, 1.165) is 41.4 Å². The van der Waals surface area contributed by atoms with Crippen molar-refractivity contribution in [2.45, 2.75) is 25.3 Å². The summed E-state index contributed by atoms with van der Waals surface area (Å²) >= 11 is 0. The third kappa shape index (κ3) is 2.09. The number of nitrogens with one attached hydrogen (secondary N) is 2. The van der Waals surface area contributed by atoms with Gasteiger partial charge in [-0.1, -0.05) is 0 Å². The van der Waals surface area contributed by atoms with Crippen LogP contribution in [0.5, 0.6) is 0 Å². The normalized spacial score (nSPS) is 17.4. The number of aryl methyl sites for hydroxylation is 1. The second kappa shape index (κ2) is 5.02. The van der Waals surface area contributed by atoms with E-state index in [0.29, 0.717) is 5.76 Å². The molecule has 1 aliphatic carbocycles. The van der Waals surface area contributed by atoms with Gasteiger partial charge in [0.25, 0.3) is 5.91 Å². The van der Waals surface area contributed by atoms with Crippen molar-refractivity contribution in [2.75, 3.05) is 0 Å². The summed E-state index contributed by atoms with van der Waals surface area (Å²) in [6.07, 6.45) is 4.19. The number of fused-ring (bicyclic) bond motifs is 3. The number of benzene rings is 1. The number of aromatic nitrogens is 1. The summed E-state index contributed by atoms with van der Waals surface area (Å²) in [6.45, 7) is 0. The molecular weight excluding hydrogens is 283 g/mol. The molecule has 3 aromatic rings. The highest BCUT2D eigenvalue weighted by Gasteiger charge is 2.26. The van der Waals surface area contributed by atoms with Crippen LogP contribution in [0, 0.1) is 5.82 Å². The Morgan fingerprint density at radius 1 is 1.36 bits per heavy atom. The number of rotatable bonds is 2. The van der Waals surface area contributed by atoms with Gasteiger partial charge in [0, 0.05) is 16.6 Å². The second-order valence-corrected chi connectivity index (χ2v) is 5.60. The fraction of sp³-hybridized carbons (Fsp3) is 0.235. The number of hydrogen-bond acceptors (Lipinski definition) is 2. The molecule has 0 saturated carbocycles. The fourth-order valence-electron chi connectivity index (χ4n) is 3.22. The molecule has 0 unspecified atom stereocenters. The molecule has 1 amide bonds. The van der Waals surface area contributed by atoms with Crippen LogP contribution in [0.15, 0.2) is 41.0 Å². The number of H-pyrrole nitrogens is 1. The highest BCUT2D eigenvalue weighted by Crippen LogP contribution is 2.35. The Labute approximate surface area is 126 Å². The molecule has 22 heavy (non-hydrogen) atoms. The molecule has 0 spiro atoms. The molecule has 4 nitrogen and oxygen atoms in total. The molecule has 0 aliphatic heterocycles. The Kier molecular flexibility index (Phi) is 2.99. The Bertz CT molecular complexity index is 836. The molecule has 2 aromatic heterocycles. The fourth-order valence-corrected chi connectivity index (χ4v) is 3.22. The smallest absolute Gasteiger partial charge is 0.287 e. The molecular formula is C17H15FN2O2. The van der Waals surface area contributed by atoms with E-state index in [9.17, 15) is 9.18 Å². The molecule has 0 radical (unpaired) electrons. The first-order chi connectivity index (χ1) is 10.7. The summed E-state index contributed by atoms with van der Waals surface area (Å²) in [7, 11) is 0. The molecule has 1 aliphatic rings. The number of aromatic amines is 1. The molecule has 5 heteroatoms. The van der Waals surface area contributed by atoms with E-state index in [2.05, 4.69) is 10.3 Å². The zero-order valence-corrected chi connectivity index (χ0v) is 11.9. The Morgan fingerprint density at radius 2 is 2.27 bits per heavy atom. The molecule has 112 valence electrons. The molecule has 1 aromatic carbocycles. The third-order valence-electron chi connectivity index (χ3n) is 4.22. The molecule has 0 bridgehead atoms. The molecule has 2 heterocycles. The zero-order valence-electron chi connectivity index (χ0n) is 11.9. The van der Waals surface area contributed by atoms with E-state index < -0.39 is 0 Å². The highest BCUT2D eigenvalue weighted by molar-refractivity contribution is 5.92. The van der Waals surface area contributed by atoms with Gasteiger partial charge in [-0.2, -0.15) is 0 Å². The zero-order chi connectivity index (χ0) is 15.1. The number of hydrogen-bond donors (Lipinski definition) is 2. The standard InChI is InChI=1S/C17H15FN2O2/c18-10-6-7-13-12(9-10)11-3-1-4-14(16(11)19-13)20-17(21)15-5-2-8-22-15/h2,5-9,14,19H,1,3-4H2,(H,20,21)/t14-/m0/s1. The van der Waals surface area contributed by atoms with Crippen molar-refractivity contribution in [1.82, 2.24) is 10.3 Å². The van der Waals surface area contributed by atoms with Crippen molar-refractivity contribution in [3.63, 3.8) is 0 Å². The predicted octanol–water partition coefficient (Wildman–Crippen LogP) is 3.71. The average Bonchev–Trinajstić information content (AvgIpc) is 3.15. The van der Waals surface area contributed by atoms with Crippen LogP contribution < -0.4 is 5.32 Å². The number of carbonyl (C=O) groups excluding carboxylic acids is 1. The monoisotopic (exact) mass is 298 g/mol. The number of halogens is 1. The van der Waals surface area contributed by atoms with E-state index in [-0.39, 0.29) is 17.8 Å². The van der Waals surface area contributed by atoms with Crippen molar-refractivity contribution >= 4 is 16.8 Å². The van der Waals surface area contributed by atoms with Gasteiger partial charge in [0.1, 0.15) is 5.82 Å². The van der Waals surface area contributed by atoms with Crippen LogP contribution in [0.3, 0.4) is 0 Å². The first kappa shape index (κ1) is 13.1. The molecule has 0 saturated heterocycles. The second-order valence-electron chi connectivity index (χ2n) is 5.60. The lowest BCUT2D eigenvalue weighted by atomic mass is 9.91. The molecule has 0 fully saturated rings. The minimum Gasteiger partial charge on any atom is -0.459 e. The van der Waals surface area contributed by atoms with Gasteiger partial charge in [0.2, 0.25) is 0 Å². The number of amides is 1. The van der Waals surface area contributed by atoms with Crippen molar-refractivity contribution in [2.24, 2.45) is 0 Å². The maximum Gasteiger partial charge on any atom is 0.287 e. The van der Waals surface area contributed by atoms with Crippen LogP contribution >= 0.6 is 0 Å². The minimum atomic E-state index is -0.240. The molecule has 1 atom stereocenters. The van der Waals surface area contributed by atoms with E-state index >= 15 is 0 Å². The first-order valence-corrected chi connectivity index (χ1v) is 7.37. The van der Waals surface area contributed by atoms with Gasteiger partial charge in [0.15, 0.2) is 5.76 Å². The SMILES string of the molecule is O=C(N[C@H]1CCCc2c1[nH]c1ccc(F)cc21)c1ccco1. The maximum atomic E-state index is 13.5. The van der Waals surface area contributed by atoms with Gasteiger partial charge in [-0.15, -0.1) is 0 Å². The van der Waals surface area contributed by atoms with Crippen LogP contribution in [0.1, 0.15) is 40.7 Å². The maximum absolute atomic E-state index is 13.5. The molecule has 4 rings (SSSR count). The van der Waals surface area contributed by atoms with Gasteiger partial charge in [0.05, 0.1) is 12.3 Å². The lowest BCUT2D eigenvalue weighted by Crippen LogP contribution is -2.30. The highest BCUT2D eigenvalue weighted by atomic mass is 19.1. The van der Waals surface area contributed by atoms with E-state index in [1.165, 1.54) is 12.3 Å². The molecule has 2 N–H and O–H groups in total. The minimum absolute atomic E-state index is 0.100. The lowest BCUT2D eigenvalue weighted by Gasteiger charge is -2.23.